The minimum Gasteiger partial charge on any atom is -0.394 e. The van der Waals surface area contributed by atoms with E-state index in [1.807, 2.05) is 0 Å². The Hall–Kier alpha value is -2.74. The molecule has 1 atom stereocenters. The Kier molecular flexibility index (Phi) is 4.29. The zero-order valence-corrected chi connectivity index (χ0v) is 11.3. The smallest absolute Gasteiger partial charge is 0.271 e. The fourth-order valence-electron chi connectivity index (χ4n) is 1.69. The van der Waals surface area contributed by atoms with Crippen molar-refractivity contribution in [2.24, 2.45) is 0 Å². The molecule has 0 fully saturated rings. The molecule has 8 nitrogen and oxygen atoms in total. The summed E-state index contributed by atoms with van der Waals surface area (Å²) in [6.07, 6.45) is 2.87. The first-order chi connectivity index (χ1) is 10.0. The zero-order chi connectivity index (χ0) is 15.4. The molecule has 2 rings (SSSR count). The van der Waals surface area contributed by atoms with E-state index < -0.39 is 10.8 Å². The third-order valence-corrected chi connectivity index (χ3v) is 2.81. The highest BCUT2D eigenvalue weighted by molar-refractivity contribution is 5.92. The number of imidazole rings is 1. The third kappa shape index (κ3) is 3.42. The molecule has 0 aliphatic rings. The number of carbonyl (C=O) groups is 1. The van der Waals surface area contributed by atoms with E-state index in [-0.39, 0.29) is 24.0 Å². The number of hydrogen-bond acceptors (Lipinski definition) is 5. The second-order valence-corrected chi connectivity index (χ2v) is 4.50. The molecule has 110 valence electrons. The molecule has 0 radical (unpaired) electrons. The molecule has 21 heavy (non-hydrogen) atoms. The van der Waals surface area contributed by atoms with E-state index in [1.165, 1.54) is 29.2 Å². The van der Waals surface area contributed by atoms with Gasteiger partial charge in [0.25, 0.3) is 11.6 Å². The number of aromatic nitrogens is 2. The van der Waals surface area contributed by atoms with Crippen molar-refractivity contribution in [1.29, 1.82) is 0 Å². The van der Waals surface area contributed by atoms with Crippen molar-refractivity contribution in [2.75, 3.05) is 6.61 Å². The van der Waals surface area contributed by atoms with Gasteiger partial charge in [0.1, 0.15) is 12.0 Å². The molecule has 1 heterocycles. The summed E-state index contributed by atoms with van der Waals surface area (Å²) in [4.78, 5) is 26.0. The average molecular weight is 290 g/mol. The van der Waals surface area contributed by atoms with Crippen LogP contribution in [0.4, 0.5) is 5.69 Å². The molecule has 0 saturated heterocycles. The number of benzene rings is 1. The van der Waals surface area contributed by atoms with E-state index in [4.69, 9.17) is 5.11 Å². The Morgan fingerprint density at radius 3 is 3.00 bits per heavy atom. The van der Waals surface area contributed by atoms with Gasteiger partial charge in [-0.1, -0.05) is 6.07 Å². The maximum Gasteiger partial charge on any atom is 0.271 e. The number of aliphatic hydroxyl groups excluding tert-OH is 1. The predicted molar refractivity (Wildman–Crippen MR) is 74.2 cm³/mol. The highest BCUT2D eigenvalue weighted by Crippen LogP contribution is 2.16. The number of nitro groups is 1. The fourth-order valence-corrected chi connectivity index (χ4v) is 1.69. The van der Waals surface area contributed by atoms with E-state index in [2.05, 4.69) is 10.3 Å². The minimum absolute atomic E-state index is 0.0406. The van der Waals surface area contributed by atoms with E-state index in [0.29, 0.717) is 5.69 Å². The molecule has 1 aromatic heterocycles. The largest absolute Gasteiger partial charge is 0.394 e. The summed E-state index contributed by atoms with van der Waals surface area (Å²) in [6.45, 7) is 1.49. The van der Waals surface area contributed by atoms with Gasteiger partial charge in [-0.05, 0) is 13.0 Å². The molecule has 1 aromatic carbocycles. The number of aliphatic hydroxyl groups is 1. The van der Waals surface area contributed by atoms with Crippen LogP contribution in [0, 0.1) is 10.1 Å². The second-order valence-electron chi connectivity index (χ2n) is 4.50. The molecule has 2 aromatic rings. The molecule has 0 spiro atoms. The van der Waals surface area contributed by atoms with Crippen LogP contribution < -0.4 is 5.32 Å². The maximum absolute atomic E-state index is 11.8. The van der Waals surface area contributed by atoms with Crippen LogP contribution >= 0.6 is 0 Å². The number of nitrogens with one attached hydrogen (secondary N) is 1. The van der Waals surface area contributed by atoms with E-state index in [9.17, 15) is 14.9 Å². The topological polar surface area (TPSA) is 110 Å². The first kappa shape index (κ1) is 14.7. The van der Waals surface area contributed by atoms with Gasteiger partial charge >= 0.3 is 0 Å². The van der Waals surface area contributed by atoms with Crippen LogP contribution in [0.2, 0.25) is 0 Å². The molecule has 0 saturated carbocycles. The highest BCUT2D eigenvalue weighted by atomic mass is 16.6. The number of nitrogens with zero attached hydrogens (tertiary/aromatic N) is 3. The van der Waals surface area contributed by atoms with Crippen LogP contribution in [0.15, 0.2) is 36.8 Å². The number of hydrogen-bond donors (Lipinski definition) is 2. The molecule has 8 heteroatoms. The van der Waals surface area contributed by atoms with Crippen LogP contribution in [0.5, 0.6) is 0 Å². The van der Waals surface area contributed by atoms with Crippen molar-refractivity contribution in [3.63, 3.8) is 0 Å². The molecule has 0 aliphatic carbocycles. The lowest BCUT2D eigenvalue weighted by Gasteiger charge is -2.08. The van der Waals surface area contributed by atoms with E-state index in [1.54, 1.807) is 19.1 Å². The van der Waals surface area contributed by atoms with Gasteiger partial charge in [-0.25, -0.2) is 4.98 Å². The lowest BCUT2D eigenvalue weighted by Crippen LogP contribution is -2.35. The third-order valence-electron chi connectivity index (χ3n) is 2.81. The van der Waals surface area contributed by atoms with Gasteiger partial charge in [0.2, 0.25) is 0 Å². The number of non-ortho nitro benzene ring substituents is 1. The van der Waals surface area contributed by atoms with Crippen molar-refractivity contribution in [3.8, 4) is 5.69 Å². The monoisotopic (exact) mass is 290 g/mol. The summed E-state index contributed by atoms with van der Waals surface area (Å²) in [5.41, 5.74) is 0.661. The van der Waals surface area contributed by atoms with Gasteiger partial charge in [0.05, 0.1) is 17.2 Å². The zero-order valence-electron chi connectivity index (χ0n) is 11.3. The Morgan fingerprint density at radius 1 is 1.57 bits per heavy atom. The summed E-state index contributed by atoms with van der Waals surface area (Å²) in [5, 5.41) is 22.2. The second kappa shape index (κ2) is 6.14. The van der Waals surface area contributed by atoms with Gasteiger partial charge in [0, 0.05) is 24.4 Å². The van der Waals surface area contributed by atoms with Crippen LogP contribution in [0.1, 0.15) is 17.4 Å². The molecular weight excluding hydrogens is 276 g/mol. The van der Waals surface area contributed by atoms with Crippen LogP contribution in [-0.2, 0) is 0 Å². The van der Waals surface area contributed by atoms with Crippen molar-refractivity contribution < 1.29 is 14.8 Å². The fraction of sp³-hybridized carbons (Fsp3) is 0.231. The normalized spacial score (nSPS) is 11.9. The lowest BCUT2D eigenvalue weighted by molar-refractivity contribution is -0.384. The van der Waals surface area contributed by atoms with E-state index in [0.717, 1.165) is 0 Å². The van der Waals surface area contributed by atoms with Crippen molar-refractivity contribution in [1.82, 2.24) is 14.9 Å². The number of rotatable bonds is 5. The first-order valence-electron chi connectivity index (χ1n) is 6.22. The molecular formula is C13H14N4O4. The van der Waals surface area contributed by atoms with Gasteiger partial charge in [-0.15, -0.1) is 0 Å². The summed E-state index contributed by atoms with van der Waals surface area (Å²) >= 11 is 0. The minimum atomic E-state index is -0.489. The quantitative estimate of drug-likeness (QED) is 0.627. The maximum atomic E-state index is 11.8. The summed E-state index contributed by atoms with van der Waals surface area (Å²) < 4.78 is 1.52. The number of nitro benzene ring substituents is 1. The lowest BCUT2D eigenvalue weighted by atomic mass is 10.3. The summed E-state index contributed by atoms with van der Waals surface area (Å²) in [5.74, 6) is -0.416. The van der Waals surface area contributed by atoms with E-state index >= 15 is 0 Å². The van der Waals surface area contributed by atoms with Crippen molar-refractivity contribution >= 4 is 11.6 Å². The Balaban J connectivity index is 2.22. The molecule has 1 unspecified atom stereocenters. The van der Waals surface area contributed by atoms with Crippen LogP contribution in [0.3, 0.4) is 0 Å². The van der Waals surface area contributed by atoms with Crippen molar-refractivity contribution in [3.05, 3.63) is 52.6 Å². The molecule has 0 bridgehead atoms. The summed E-state index contributed by atoms with van der Waals surface area (Å²) in [7, 11) is 0. The Morgan fingerprint density at radius 2 is 2.33 bits per heavy atom. The van der Waals surface area contributed by atoms with Gasteiger partial charge in [-0.2, -0.15) is 0 Å². The summed E-state index contributed by atoms with van der Waals surface area (Å²) in [6, 6.07) is 5.63. The molecule has 1 amide bonds. The highest BCUT2D eigenvalue weighted by Gasteiger charge is 2.13. The first-order valence-corrected chi connectivity index (χ1v) is 6.22. The predicted octanol–water partition coefficient (Wildman–Crippen LogP) is 0.891. The SMILES string of the molecule is CC(CO)NC(=O)c1cn(-c2cccc([N+](=O)[O-])c2)cn1. The van der Waals surface area contributed by atoms with Crippen LogP contribution in [0.25, 0.3) is 5.69 Å². The standard InChI is InChI=1S/C13H14N4O4/c1-9(7-18)15-13(19)12-6-16(8-14-12)10-3-2-4-11(5-10)17(20)21/h2-6,8-9,18H,7H2,1H3,(H,15,19). The van der Waals surface area contributed by atoms with Crippen molar-refractivity contribution in [2.45, 2.75) is 13.0 Å². The molecule has 0 aliphatic heterocycles. The Labute approximate surface area is 120 Å². The van der Waals surface area contributed by atoms with Gasteiger partial charge < -0.3 is 15.0 Å². The average Bonchev–Trinajstić information content (AvgIpc) is 2.97. The van der Waals surface area contributed by atoms with Gasteiger partial charge in [0.15, 0.2) is 0 Å². The number of amides is 1. The molecule has 2 N–H and O–H groups in total. The Bertz CT molecular complexity index is 668. The van der Waals surface area contributed by atoms with Crippen LogP contribution in [-0.4, -0.2) is 38.1 Å². The number of carbonyl (C=O) groups excluding carboxylic acids is 1. The van der Waals surface area contributed by atoms with Gasteiger partial charge in [-0.3, -0.25) is 14.9 Å².